The van der Waals surface area contributed by atoms with Crippen LogP contribution in [0.15, 0.2) is 6.20 Å². The number of hydrogen-bond acceptors (Lipinski definition) is 3. The van der Waals surface area contributed by atoms with E-state index in [0.717, 1.165) is 30.8 Å². The lowest BCUT2D eigenvalue weighted by molar-refractivity contribution is -0.120. The van der Waals surface area contributed by atoms with Crippen molar-refractivity contribution in [2.45, 2.75) is 122 Å². The van der Waals surface area contributed by atoms with Crippen LogP contribution in [0.4, 0.5) is 5.69 Å². The summed E-state index contributed by atoms with van der Waals surface area (Å²) in [6.07, 6.45) is 21.3. The van der Waals surface area contributed by atoms with E-state index in [-0.39, 0.29) is 11.8 Å². The van der Waals surface area contributed by atoms with E-state index in [9.17, 15) is 4.79 Å². The molecule has 1 aromatic heterocycles. The van der Waals surface area contributed by atoms with Gasteiger partial charge in [0, 0.05) is 11.5 Å². The van der Waals surface area contributed by atoms with Gasteiger partial charge in [-0.2, -0.15) is 0 Å². The smallest absolute Gasteiger partial charge is 0.227 e. The van der Waals surface area contributed by atoms with Gasteiger partial charge in [0.05, 0.1) is 18.5 Å². The van der Waals surface area contributed by atoms with Crippen LogP contribution in [-0.2, 0) is 11.2 Å². The van der Waals surface area contributed by atoms with Crippen LogP contribution in [0.2, 0.25) is 0 Å². The maximum atomic E-state index is 13.3. The van der Waals surface area contributed by atoms with Gasteiger partial charge in [0.25, 0.3) is 0 Å². The zero-order valence-corrected chi connectivity index (χ0v) is 20.0. The third-order valence-electron chi connectivity index (χ3n) is 7.32. The topological polar surface area (TPSA) is 51.2 Å². The Bertz CT molecular complexity index is 670. The Morgan fingerprint density at radius 1 is 0.903 bits per heavy atom. The molecule has 0 aromatic carbocycles. The average molecular weight is 429 g/mol. The van der Waals surface area contributed by atoms with Crippen molar-refractivity contribution in [3.8, 4) is 5.88 Å². The van der Waals surface area contributed by atoms with Crippen LogP contribution in [-0.4, -0.2) is 17.5 Å². The fourth-order valence-electron chi connectivity index (χ4n) is 5.59. The Hall–Kier alpha value is -1.58. The molecule has 0 atom stereocenters. The molecule has 2 aliphatic carbocycles. The van der Waals surface area contributed by atoms with Gasteiger partial charge in [-0.1, -0.05) is 77.6 Å². The van der Waals surface area contributed by atoms with Crippen molar-refractivity contribution in [2.75, 3.05) is 11.9 Å². The minimum Gasteiger partial charge on any atom is -0.478 e. The summed E-state index contributed by atoms with van der Waals surface area (Å²) in [7, 11) is 0. The van der Waals surface area contributed by atoms with Crippen molar-refractivity contribution in [1.29, 1.82) is 0 Å². The van der Waals surface area contributed by atoms with E-state index >= 15 is 0 Å². The first kappa shape index (κ1) is 24.1. The second-order valence-electron chi connectivity index (χ2n) is 9.58. The van der Waals surface area contributed by atoms with Crippen LogP contribution in [0, 0.1) is 5.92 Å². The fraction of sp³-hybridized carbons (Fsp3) is 0.778. The number of pyridine rings is 1. The van der Waals surface area contributed by atoms with Gasteiger partial charge in [-0.3, -0.25) is 4.79 Å². The third-order valence-corrected chi connectivity index (χ3v) is 7.32. The van der Waals surface area contributed by atoms with Crippen molar-refractivity contribution in [2.24, 2.45) is 5.92 Å². The second-order valence-corrected chi connectivity index (χ2v) is 9.58. The first-order valence-electron chi connectivity index (χ1n) is 13.2. The number of nitrogens with zero attached hydrogens (tertiary/aromatic N) is 1. The molecule has 0 aliphatic heterocycles. The van der Waals surface area contributed by atoms with Crippen molar-refractivity contribution in [1.82, 2.24) is 4.98 Å². The molecule has 0 radical (unpaired) electrons. The maximum absolute atomic E-state index is 13.3. The van der Waals surface area contributed by atoms with Crippen molar-refractivity contribution >= 4 is 11.6 Å². The highest BCUT2D eigenvalue weighted by atomic mass is 16.5. The zero-order chi connectivity index (χ0) is 21.9. The average Bonchev–Trinajstić information content (AvgIpc) is 2.89. The quantitative estimate of drug-likeness (QED) is 0.508. The van der Waals surface area contributed by atoms with E-state index in [4.69, 9.17) is 4.74 Å². The molecule has 4 heteroatoms. The highest BCUT2D eigenvalue weighted by Gasteiger charge is 2.26. The number of carbonyl (C=O) groups is 1. The number of aromatic nitrogens is 1. The maximum Gasteiger partial charge on any atom is 0.227 e. The summed E-state index contributed by atoms with van der Waals surface area (Å²) >= 11 is 0. The first-order valence-corrected chi connectivity index (χ1v) is 13.2. The molecule has 174 valence electrons. The molecule has 0 unspecified atom stereocenters. The number of anilines is 1. The molecule has 2 fully saturated rings. The summed E-state index contributed by atoms with van der Waals surface area (Å²) in [5, 5.41) is 3.37. The van der Waals surface area contributed by atoms with Crippen molar-refractivity contribution in [3.63, 3.8) is 0 Å². The lowest BCUT2D eigenvalue weighted by Gasteiger charge is -2.27. The summed E-state index contributed by atoms with van der Waals surface area (Å²) in [6.45, 7) is 4.83. The van der Waals surface area contributed by atoms with Crippen LogP contribution in [0.25, 0.3) is 0 Å². The molecular formula is C27H44N2O2. The highest BCUT2D eigenvalue weighted by Crippen LogP contribution is 2.40. The Morgan fingerprint density at radius 3 is 2.00 bits per heavy atom. The zero-order valence-electron chi connectivity index (χ0n) is 20.0. The summed E-state index contributed by atoms with van der Waals surface area (Å²) in [5.74, 6) is 1.61. The number of ether oxygens (including phenoxy) is 1. The number of rotatable bonds is 6. The minimum absolute atomic E-state index is 0.139. The molecular weight excluding hydrogens is 384 g/mol. The summed E-state index contributed by atoms with van der Waals surface area (Å²) in [4.78, 5) is 18.0. The van der Waals surface area contributed by atoms with Crippen LogP contribution in [0.5, 0.6) is 5.88 Å². The molecule has 2 aliphatic rings. The van der Waals surface area contributed by atoms with E-state index < -0.39 is 0 Å². The van der Waals surface area contributed by atoms with E-state index in [1.165, 1.54) is 94.6 Å². The molecule has 1 aromatic rings. The van der Waals surface area contributed by atoms with Crippen LogP contribution >= 0.6 is 0 Å². The number of carbonyl (C=O) groups excluding carboxylic acids is 1. The van der Waals surface area contributed by atoms with Gasteiger partial charge in [-0.15, -0.1) is 0 Å². The Morgan fingerprint density at radius 2 is 1.45 bits per heavy atom. The standard InChI is InChI=1S/C27H44N2O2/c1-3-23-25(21-16-12-10-7-11-13-17-21)24(20-28-27(23)31-4-2)29-26(30)22-18-14-8-5-6-9-15-19-22/h20-22H,3-19H2,1-2H3,(H,29,30). The Kier molecular flexibility index (Phi) is 10.2. The minimum atomic E-state index is 0.139. The monoisotopic (exact) mass is 428 g/mol. The number of amides is 1. The lowest BCUT2D eigenvalue weighted by Crippen LogP contribution is -2.24. The Labute approximate surface area is 189 Å². The molecule has 4 nitrogen and oxygen atoms in total. The van der Waals surface area contributed by atoms with E-state index in [1.807, 2.05) is 13.1 Å². The van der Waals surface area contributed by atoms with Gasteiger partial charge >= 0.3 is 0 Å². The Balaban J connectivity index is 1.87. The summed E-state index contributed by atoms with van der Waals surface area (Å²) in [5.41, 5.74) is 3.48. The van der Waals surface area contributed by atoms with E-state index in [1.54, 1.807) is 0 Å². The van der Waals surface area contributed by atoms with E-state index in [2.05, 4.69) is 17.2 Å². The van der Waals surface area contributed by atoms with Gasteiger partial charge in [0.2, 0.25) is 11.8 Å². The summed E-state index contributed by atoms with van der Waals surface area (Å²) in [6, 6.07) is 0. The number of hydrogen-bond donors (Lipinski definition) is 1. The largest absolute Gasteiger partial charge is 0.478 e. The number of nitrogens with one attached hydrogen (secondary N) is 1. The van der Waals surface area contributed by atoms with Gasteiger partial charge in [-0.05, 0) is 50.5 Å². The predicted octanol–water partition coefficient (Wildman–Crippen LogP) is 7.56. The normalized spacial score (nSPS) is 20.1. The van der Waals surface area contributed by atoms with Crippen molar-refractivity contribution in [3.05, 3.63) is 17.3 Å². The molecule has 0 spiro atoms. The summed E-state index contributed by atoms with van der Waals surface area (Å²) < 4.78 is 5.91. The molecule has 2 saturated carbocycles. The molecule has 1 N–H and O–H groups in total. The van der Waals surface area contributed by atoms with Crippen LogP contribution in [0.1, 0.15) is 127 Å². The molecule has 1 amide bonds. The SMILES string of the molecule is CCOc1ncc(NC(=O)C2CCCCCCCC2)c(C2CCCCCCC2)c1CC. The molecule has 31 heavy (non-hydrogen) atoms. The first-order chi connectivity index (χ1) is 15.2. The van der Waals surface area contributed by atoms with Gasteiger partial charge in [0.1, 0.15) is 0 Å². The third kappa shape index (κ3) is 6.95. The fourth-order valence-corrected chi connectivity index (χ4v) is 5.59. The van der Waals surface area contributed by atoms with Crippen LogP contribution < -0.4 is 10.1 Å². The van der Waals surface area contributed by atoms with Gasteiger partial charge < -0.3 is 10.1 Å². The van der Waals surface area contributed by atoms with Crippen LogP contribution in [0.3, 0.4) is 0 Å². The van der Waals surface area contributed by atoms with Gasteiger partial charge in [0.15, 0.2) is 0 Å². The van der Waals surface area contributed by atoms with Crippen molar-refractivity contribution < 1.29 is 9.53 Å². The second kappa shape index (κ2) is 13.1. The lowest BCUT2D eigenvalue weighted by atomic mass is 9.82. The molecule has 0 saturated heterocycles. The molecule has 3 rings (SSSR count). The highest BCUT2D eigenvalue weighted by molar-refractivity contribution is 5.93. The van der Waals surface area contributed by atoms with E-state index in [0.29, 0.717) is 12.5 Å². The van der Waals surface area contributed by atoms with Gasteiger partial charge in [-0.25, -0.2) is 4.98 Å². The molecule has 1 heterocycles. The predicted molar refractivity (Wildman–Crippen MR) is 129 cm³/mol. The molecule has 0 bridgehead atoms.